The molecule has 0 aliphatic heterocycles. The molecule has 8 heteroatoms. The molecule has 0 saturated heterocycles. The average molecular weight is 298 g/mol. The number of hydrogen-bond donors (Lipinski definition) is 2. The van der Waals surface area contributed by atoms with E-state index in [1.165, 1.54) is 0 Å². The van der Waals surface area contributed by atoms with Crippen molar-refractivity contribution >= 4 is 11.9 Å². The Kier molecular flexibility index (Phi) is 8.37. The van der Waals surface area contributed by atoms with Gasteiger partial charge < -0.3 is 14.4 Å². The number of nitrogens with zero attached hydrogens (tertiary/aromatic N) is 4. The molecule has 0 spiro atoms. The molecule has 1 heterocycles. The van der Waals surface area contributed by atoms with E-state index in [0.717, 1.165) is 32.5 Å². The minimum absolute atomic E-state index is 0.249. The number of ether oxygens (including phenoxy) is 2. The van der Waals surface area contributed by atoms with Crippen molar-refractivity contribution < 1.29 is 9.47 Å². The summed E-state index contributed by atoms with van der Waals surface area (Å²) in [6.07, 6.45) is 2.17. The van der Waals surface area contributed by atoms with Crippen LogP contribution in [-0.2, 0) is 4.74 Å². The molecule has 1 aromatic rings. The van der Waals surface area contributed by atoms with Gasteiger partial charge in [-0.2, -0.15) is 15.0 Å². The zero-order chi connectivity index (χ0) is 15.5. The molecule has 0 fully saturated rings. The van der Waals surface area contributed by atoms with E-state index < -0.39 is 0 Å². The fourth-order valence-electron chi connectivity index (χ4n) is 1.66. The van der Waals surface area contributed by atoms with Crippen molar-refractivity contribution in [1.82, 2.24) is 15.0 Å². The molecule has 0 unspecified atom stereocenters. The predicted octanol–water partition coefficient (Wildman–Crippen LogP) is 1.20. The molecule has 21 heavy (non-hydrogen) atoms. The zero-order valence-electron chi connectivity index (χ0n) is 13.1. The van der Waals surface area contributed by atoms with Crippen LogP contribution in [0.3, 0.4) is 0 Å². The predicted molar refractivity (Wildman–Crippen MR) is 82.4 cm³/mol. The van der Waals surface area contributed by atoms with E-state index in [1.54, 1.807) is 0 Å². The number of rotatable bonds is 11. The maximum Gasteiger partial charge on any atom is 0.323 e. The summed E-state index contributed by atoms with van der Waals surface area (Å²) in [6.45, 7) is 9.44. The van der Waals surface area contributed by atoms with Crippen molar-refractivity contribution in [3.05, 3.63) is 0 Å². The van der Waals surface area contributed by atoms with E-state index in [-0.39, 0.29) is 12.0 Å². The Hall–Kier alpha value is -1.67. The Morgan fingerprint density at radius 3 is 2.43 bits per heavy atom. The highest BCUT2D eigenvalue weighted by molar-refractivity contribution is 5.37. The first-order valence-corrected chi connectivity index (χ1v) is 7.43. The maximum absolute atomic E-state index is 5.50. The van der Waals surface area contributed by atoms with Crippen molar-refractivity contribution in [3.8, 4) is 6.01 Å². The summed E-state index contributed by atoms with van der Waals surface area (Å²) < 4.78 is 10.9. The maximum atomic E-state index is 5.50. The van der Waals surface area contributed by atoms with Gasteiger partial charge in [0.15, 0.2) is 0 Å². The molecule has 0 bridgehead atoms. The molecule has 0 saturated carbocycles. The van der Waals surface area contributed by atoms with Gasteiger partial charge in [0.1, 0.15) is 6.61 Å². The average Bonchev–Trinajstić information content (AvgIpc) is 2.51. The Bertz CT molecular complexity index is 400. The second kappa shape index (κ2) is 10.1. The Morgan fingerprint density at radius 2 is 1.81 bits per heavy atom. The summed E-state index contributed by atoms with van der Waals surface area (Å²) >= 11 is 0. The highest BCUT2D eigenvalue weighted by Crippen LogP contribution is 2.14. The van der Waals surface area contributed by atoms with Gasteiger partial charge in [-0.3, -0.25) is 5.43 Å². The fraction of sp³-hybridized carbons (Fsp3) is 0.769. The number of nitrogens with one attached hydrogen (secondary N) is 1. The number of anilines is 2. The molecule has 0 amide bonds. The molecule has 0 aromatic carbocycles. The standard InChI is InChI=1S/C13H26N6O2/c1-4-7-8-20-9-10-21-13-16-11(18-14)15-12(17-13)19(5-2)6-3/h4-10,14H2,1-3H3,(H,15,16,17,18). The molecule has 1 rings (SSSR count). The number of aromatic nitrogens is 3. The largest absolute Gasteiger partial charge is 0.461 e. The minimum atomic E-state index is 0.249. The van der Waals surface area contributed by atoms with Gasteiger partial charge in [0.25, 0.3) is 0 Å². The van der Waals surface area contributed by atoms with E-state index in [2.05, 4.69) is 27.3 Å². The zero-order valence-corrected chi connectivity index (χ0v) is 13.1. The van der Waals surface area contributed by atoms with Crippen LogP contribution in [0.2, 0.25) is 0 Å². The molecule has 0 radical (unpaired) electrons. The number of unbranched alkanes of at least 4 members (excludes halogenated alkanes) is 1. The van der Waals surface area contributed by atoms with E-state index in [1.807, 2.05) is 18.7 Å². The molecule has 0 aliphatic carbocycles. The molecule has 120 valence electrons. The van der Waals surface area contributed by atoms with Crippen molar-refractivity contribution in [2.45, 2.75) is 33.6 Å². The summed E-state index contributed by atoms with van der Waals surface area (Å²) in [7, 11) is 0. The summed E-state index contributed by atoms with van der Waals surface area (Å²) in [5.41, 5.74) is 2.43. The van der Waals surface area contributed by atoms with Crippen molar-refractivity contribution in [2.24, 2.45) is 5.84 Å². The van der Waals surface area contributed by atoms with Gasteiger partial charge in [-0.15, -0.1) is 0 Å². The van der Waals surface area contributed by atoms with Crippen LogP contribution < -0.4 is 20.9 Å². The topological polar surface area (TPSA) is 98.4 Å². The molecular weight excluding hydrogens is 272 g/mol. The van der Waals surface area contributed by atoms with Gasteiger partial charge in [0.2, 0.25) is 11.9 Å². The van der Waals surface area contributed by atoms with Crippen LogP contribution in [0.4, 0.5) is 11.9 Å². The lowest BCUT2D eigenvalue weighted by Gasteiger charge is -2.19. The van der Waals surface area contributed by atoms with E-state index in [4.69, 9.17) is 15.3 Å². The van der Waals surface area contributed by atoms with Crippen LogP contribution in [0.15, 0.2) is 0 Å². The summed E-state index contributed by atoms with van der Waals surface area (Å²) in [5, 5.41) is 0. The first kappa shape index (κ1) is 17.4. The lowest BCUT2D eigenvalue weighted by molar-refractivity contribution is 0.0947. The molecule has 0 aliphatic rings. The third-order valence-corrected chi connectivity index (χ3v) is 2.88. The van der Waals surface area contributed by atoms with E-state index in [0.29, 0.717) is 19.2 Å². The Labute approximate surface area is 126 Å². The monoisotopic (exact) mass is 298 g/mol. The van der Waals surface area contributed by atoms with Crippen molar-refractivity contribution in [3.63, 3.8) is 0 Å². The van der Waals surface area contributed by atoms with Crippen LogP contribution >= 0.6 is 0 Å². The van der Waals surface area contributed by atoms with Gasteiger partial charge in [0.05, 0.1) is 6.61 Å². The van der Waals surface area contributed by atoms with Gasteiger partial charge in [-0.25, -0.2) is 5.84 Å². The third kappa shape index (κ3) is 6.09. The SMILES string of the molecule is CCCCOCCOc1nc(NN)nc(N(CC)CC)n1. The van der Waals surface area contributed by atoms with Gasteiger partial charge in [-0.1, -0.05) is 13.3 Å². The molecular formula is C13H26N6O2. The lowest BCUT2D eigenvalue weighted by Crippen LogP contribution is -2.26. The highest BCUT2D eigenvalue weighted by Gasteiger charge is 2.11. The quantitative estimate of drug-likeness (QED) is 0.357. The van der Waals surface area contributed by atoms with Crippen molar-refractivity contribution in [2.75, 3.05) is 43.2 Å². The van der Waals surface area contributed by atoms with Crippen LogP contribution in [0.1, 0.15) is 33.6 Å². The van der Waals surface area contributed by atoms with E-state index >= 15 is 0 Å². The van der Waals surface area contributed by atoms with Crippen LogP contribution in [0.5, 0.6) is 6.01 Å². The van der Waals surface area contributed by atoms with Gasteiger partial charge in [0, 0.05) is 19.7 Å². The number of hydrazine groups is 1. The summed E-state index contributed by atoms with van der Waals surface area (Å²) in [6, 6.07) is 0.249. The van der Waals surface area contributed by atoms with Gasteiger partial charge >= 0.3 is 6.01 Å². The molecule has 8 nitrogen and oxygen atoms in total. The third-order valence-electron chi connectivity index (χ3n) is 2.88. The first-order valence-electron chi connectivity index (χ1n) is 7.43. The van der Waals surface area contributed by atoms with E-state index in [9.17, 15) is 0 Å². The van der Waals surface area contributed by atoms with Crippen LogP contribution in [0.25, 0.3) is 0 Å². The second-order valence-corrected chi connectivity index (χ2v) is 4.37. The normalized spacial score (nSPS) is 10.5. The summed E-state index contributed by atoms with van der Waals surface area (Å²) in [4.78, 5) is 14.6. The number of nitrogens with two attached hydrogens (primary N) is 1. The Morgan fingerprint density at radius 1 is 1.05 bits per heavy atom. The Balaban J connectivity index is 2.58. The van der Waals surface area contributed by atoms with Crippen LogP contribution in [0, 0.1) is 0 Å². The highest BCUT2D eigenvalue weighted by atomic mass is 16.5. The lowest BCUT2D eigenvalue weighted by atomic mass is 10.4. The fourth-order valence-corrected chi connectivity index (χ4v) is 1.66. The van der Waals surface area contributed by atoms with Gasteiger partial charge in [-0.05, 0) is 20.3 Å². The first-order chi connectivity index (χ1) is 10.2. The molecule has 3 N–H and O–H groups in total. The second-order valence-electron chi connectivity index (χ2n) is 4.37. The number of nitrogen functional groups attached to an aromatic ring is 1. The summed E-state index contributed by atoms with van der Waals surface area (Å²) in [5.74, 6) is 6.21. The minimum Gasteiger partial charge on any atom is -0.461 e. The van der Waals surface area contributed by atoms with Crippen molar-refractivity contribution in [1.29, 1.82) is 0 Å². The smallest absolute Gasteiger partial charge is 0.323 e. The molecule has 1 aromatic heterocycles. The molecule has 0 atom stereocenters. The van der Waals surface area contributed by atoms with Crippen LogP contribution in [-0.4, -0.2) is 47.9 Å². The number of hydrogen-bond acceptors (Lipinski definition) is 8.